The van der Waals surface area contributed by atoms with Gasteiger partial charge < -0.3 is 14.5 Å². The van der Waals surface area contributed by atoms with Crippen molar-refractivity contribution in [1.29, 1.82) is 0 Å². The second kappa shape index (κ2) is 8.08. The lowest BCUT2D eigenvalue weighted by atomic mass is 9.82. The van der Waals surface area contributed by atoms with E-state index in [0.29, 0.717) is 37.9 Å². The van der Waals surface area contributed by atoms with Gasteiger partial charge in [-0.1, -0.05) is 6.92 Å². The Labute approximate surface area is 171 Å². The number of piperidine rings is 1. The van der Waals surface area contributed by atoms with Crippen LogP contribution in [0.15, 0.2) is 30.7 Å². The van der Waals surface area contributed by atoms with E-state index in [1.165, 1.54) is 0 Å². The number of alkyl halides is 3. The Hall–Kier alpha value is -2.91. The quantitative estimate of drug-likeness (QED) is 0.739. The lowest BCUT2D eigenvalue weighted by molar-refractivity contribution is -0.138. The third-order valence-electron chi connectivity index (χ3n) is 5.50. The van der Waals surface area contributed by atoms with E-state index < -0.39 is 11.7 Å². The number of amides is 1. The number of likely N-dealkylation sites (tertiary alicyclic amines) is 1. The third kappa shape index (κ3) is 3.90. The molecule has 2 aliphatic rings. The molecule has 2 aromatic rings. The van der Waals surface area contributed by atoms with Gasteiger partial charge >= 0.3 is 6.18 Å². The largest absolute Gasteiger partial charge is 0.491 e. The molecule has 10 heteroatoms. The Bertz CT molecular complexity index is 906. The molecule has 4 heterocycles. The first-order valence-electron chi connectivity index (χ1n) is 9.91. The second-order valence-electron chi connectivity index (χ2n) is 7.49. The monoisotopic (exact) mass is 421 g/mol. The van der Waals surface area contributed by atoms with Crippen LogP contribution in [-0.4, -0.2) is 58.0 Å². The van der Waals surface area contributed by atoms with Crippen molar-refractivity contribution in [2.24, 2.45) is 5.92 Å². The number of hydrogen-bond acceptors (Lipinski definition) is 6. The molecule has 0 aliphatic carbocycles. The van der Waals surface area contributed by atoms with Crippen molar-refractivity contribution in [3.63, 3.8) is 0 Å². The minimum absolute atomic E-state index is 0.0249. The fourth-order valence-corrected chi connectivity index (χ4v) is 3.86. The molecule has 2 aliphatic heterocycles. The van der Waals surface area contributed by atoms with E-state index in [4.69, 9.17) is 4.74 Å². The molecule has 0 saturated carbocycles. The number of ether oxygens (including phenoxy) is 1. The van der Waals surface area contributed by atoms with E-state index in [0.717, 1.165) is 25.2 Å². The van der Waals surface area contributed by atoms with Gasteiger partial charge in [0.15, 0.2) is 11.4 Å². The predicted octanol–water partition coefficient (Wildman–Crippen LogP) is 3.03. The van der Waals surface area contributed by atoms with E-state index in [9.17, 15) is 18.0 Å². The maximum Gasteiger partial charge on any atom is 0.419 e. The summed E-state index contributed by atoms with van der Waals surface area (Å²) in [5.41, 5.74) is -0.598. The number of aromatic nitrogens is 3. The molecule has 0 bridgehead atoms. The maximum absolute atomic E-state index is 13.1. The smallest absolute Gasteiger partial charge is 0.419 e. The van der Waals surface area contributed by atoms with Gasteiger partial charge in [0.1, 0.15) is 0 Å². The molecule has 30 heavy (non-hydrogen) atoms. The molecule has 0 N–H and O–H groups in total. The summed E-state index contributed by atoms with van der Waals surface area (Å²) in [6.07, 6.45) is 0.317. The lowest BCUT2D eigenvalue weighted by Crippen LogP contribution is -2.65. The first kappa shape index (κ1) is 20.4. The molecule has 160 valence electrons. The Balaban J connectivity index is 1.46. The Kier molecular flexibility index (Phi) is 5.48. The first-order chi connectivity index (χ1) is 14.4. The van der Waals surface area contributed by atoms with Crippen molar-refractivity contribution in [3.05, 3.63) is 42.0 Å². The topological polar surface area (TPSA) is 71.5 Å². The van der Waals surface area contributed by atoms with Crippen molar-refractivity contribution in [1.82, 2.24) is 19.9 Å². The number of pyridine rings is 1. The normalized spacial score (nSPS) is 21.1. The summed E-state index contributed by atoms with van der Waals surface area (Å²) < 4.78 is 43.9. The van der Waals surface area contributed by atoms with Gasteiger partial charge in [0.05, 0.1) is 18.2 Å². The summed E-state index contributed by atoms with van der Waals surface area (Å²) in [5, 5.41) is 0. The Morgan fingerprint density at radius 3 is 2.70 bits per heavy atom. The van der Waals surface area contributed by atoms with Gasteiger partial charge in [-0.3, -0.25) is 4.79 Å². The van der Waals surface area contributed by atoms with E-state index in [1.54, 1.807) is 23.2 Å². The number of anilines is 1. The van der Waals surface area contributed by atoms with E-state index >= 15 is 0 Å². The Morgan fingerprint density at radius 1 is 1.23 bits per heavy atom. The van der Waals surface area contributed by atoms with Crippen LogP contribution in [0.2, 0.25) is 0 Å². The average Bonchev–Trinajstić information content (AvgIpc) is 2.72. The average molecular weight is 421 g/mol. The van der Waals surface area contributed by atoms with Crippen molar-refractivity contribution in [2.75, 3.05) is 31.1 Å². The fraction of sp³-hybridized carbons (Fsp3) is 0.500. The first-order valence-corrected chi connectivity index (χ1v) is 9.91. The molecule has 0 aromatic carbocycles. The summed E-state index contributed by atoms with van der Waals surface area (Å²) in [6, 6.07) is 3.43. The standard InChI is InChI=1S/C20H22F3N5O2/c1-2-8-30-16-4-3-6-24-17(16)18(29)27-7-5-13-11-28(15(13)12-27)19-25-9-14(10-26-19)20(21,22)23/h3-4,6,9-10,13,15H,2,5,7-8,11-12H2,1H3/t13-,15-/m0/s1. The van der Waals surface area contributed by atoms with E-state index in [2.05, 4.69) is 15.0 Å². The summed E-state index contributed by atoms with van der Waals surface area (Å²) in [4.78, 5) is 28.6. The molecule has 1 amide bonds. The van der Waals surface area contributed by atoms with Gasteiger partial charge in [-0.15, -0.1) is 0 Å². The third-order valence-corrected chi connectivity index (χ3v) is 5.50. The van der Waals surface area contributed by atoms with Gasteiger partial charge in [0.25, 0.3) is 5.91 Å². The van der Waals surface area contributed by atoms with Crippen molar-refractivity contribution in [3.8, 4) is 5.75 Å². The highest BCUT2D eigenvalue weighted by Gasteiger charge is 2.45. The van der Waals surface area contributed by atoms with Crippen molar-refractivity contribution >= 4 is 11.9 Å². The highest BCUT2D eigenvalue weighted by Crippen LogP contribution is 2.36. The molecule has 2 atom stereocenters. The SMILES string of the molecule is CCCOc1cccnc1C(=O)N1CC[C@H]2CN(c3ncc(C(F)(F)F)cn3)[C@H]2C1. The zero-order chi connectivity index (χ0) is 21.3. The van der Waals surface area contributed by atoms with Crippen LogP contribution in [0.25, 0.3) is 0 Å². The molecule has 0 unspecified atom stereocenters. The molecule has 0 radical (unpaired) electrons. The Morgan fingerprint density at radius 2 is 2.00 bits per heavy atom. The van der Waals surface area contributed by atoms with Crippen LogP contribution in [0.5, 0.6) is 5.75 Å². The van der Waals surface area contributed by atoms with Crippen LogP contribution in [-0.2, 0) is 6.18 Å². The molecule has 7 nitrogen and oxygen atoms in total. The second-order valence-corrected chi connectivity index (χ2v) is 7.49. The number of nitrogens with zero attached hydrogens (tertiary/aromatic N) is 5. The highest BCUT2D eigenvalue weighted by molar-refractivity contribution is 5.95. The molecular formula is C20H22F3N5O2. The van der Waals surface area contributed by atoms with Crippen LogP contribution >= 0.6 is 0 Å². The molecule has 2 aromatic heterocycles. The van der Waals surface area contributed by atoms with Crippen molar-refractivity contribution in [2.45, 2.75) is 32.0 Å². The molecule has 4 rings (SSSR count). The number of hydrogen-bond donors (Lipinski definition) is 0. The number of carbonyl (C=O) groups is 1. The minimum atomic E-state index is -4.47. The summed E-state index contributed by atoms with van der Waals surface area (Å²) in [6.45, 7) is 4.20. The van der Waals surface area contributed by atoms with E-state index in [1.807, 2.05) is 11.8 Å². The number of fused-ring (bicyclic) bond motifs is 1. The van der Waals surface area contributed by atoms with Crippen LogP contribution in [0.3, 0.4) is 0 Å². The fourth-order valence-electron chi connectivity index (χ4n) is 3.86. The minimum Gasteiger partial charge on any atom is -0.491 e. The zero-order valence-corrected chi connectivity index (χ0v) is 16.5. The zero-order valence-electron chi connectivity index (χ0n) is 16.5. The summed E-state index contributed by atoms with van der Waals surface area (Å²) >= 11 is 0. The summed E-state index contributed by atoms with van der Waals surface area (Å²) in [7, 11) is 0. The van der Waals surface area contributed by atoms with Crippen LogP contribution in [0, 0.1) is 5.92 Å². The van der Waals surface area contributed by atoms with Gasteiger partial charge in [0, 0.05) is 44.1 Å². The molecule has 2 saturated heterocycles. The molecular weight excluding hydrogens is 399 g/mol. The number of rotatable bonds is 5. The van der Waals surface area contributed by atoms with Gasteiger partial charge in [0.2, 0.25) is 5.95 Å². The van der Waals surface area contributed by atoms with Crippen LogP contribution in [0.1, 0.15) is 35.8 Å². The van der Waals surface area contributed by atoms with Crippen LogP contribution in [0.4, 0.5) is 19.1 Å². The lowest BCUT2D eigenvalue weighted by Gasteiger charge is -2.53. The van der Waals surface area contributed by atoms with Crippen LogP contribution < -0.4 is 9.64 Å². The molecule has 2 fully saturated rings. The van der Waals surface area contributed by atoms with E-state index in [-0.39, 0.29) is 23.6 Å². The number of halogens is 3. The summed E-state index contributed by atoms with van der Waals surface area (Å²) in [5.74, 6) is 0.867. The van der Waals surface area contributed by atoms with Crippen molar-refractivity contribution < 1.29 is 22.7 Å². The highest BCUT2D eigenvalue weighted by atomic mass is 19.4. The predicted molar refractivity (Wildman–Crippen MR) is 102 cm³/mol. The van der Waals surface area contributed by atoms with Gasteiger partial charge in [-0.25, -0.2) is 15.0 Å². The number of carbonyl (C=O) groups excluding carboxylic acids is 1. The maximum atomic E-state index is 13.1. The molecule has 0 spiro atoms. The van der Waals surface area contributed by atoms with Gasteiger partial charge in [-0.2, -0.15) is 13.2 Å². The van der Waals surface area contributed by atoms with Gasteiger partial charge in [-0.05, 0) is 25.0 Å².